The monoisotopic (exact) mass is 204 g/mol. The van der Waals surface area contributed by atoms with Crippen molar-refractivity contribution in [3.8, 4) is 0 Å². The van der Waals surface area contributed by atoms with Gasteiger partial charge in [-0.25, -0.2) is 0 Å². The lowest BCUT2D eigenvalue weighted by atomic mass is 9.85. The number of benzene rings is 1. The minimum atomic E-state index is 0.846. The highest BCUT2D eigenvalue weighted by Gasteiger charge is 2.20. The van der Waals surface area contributed by atoms with Crippen molar-refractivity contribution in [3.63, 3.8) is 0 Å². The van der Waals surface area contributed by atoms with Crippen molar-refractivity contribution in [2.45, 2.75) is 26.2 Å². The Kier molecular flexibility index (Phi) is 3.14. The van der Waals surface area contributed by atoms with Crippen LogP contribution in [0, 0.1) is 5.92 Å². The van der Waals surface area contributed by atoms with Gasteiger partial charge in [-0.2, -0.15) is 0 Å². The molecule has 1 aliphatic carbocycles. The Bertz CT molecular complexity index is 301. The fourth-order valence-electron chi connectivity index (χ4n) is 2.09. The molecule has 2 N–H and O–H groups in total. The number of hydrogen-bond acceptors (Lipinski definition) is 2. The molecule has 0 spiro atoms. The van der Waals surface area contributed by atoms with E-state index in [0.29, 0.717) is 0 Å². The predicted octanol–water partition coefficient (Wildman–Crippen LogP) is 2.90. The maximum Gasteiger partial charge on any atom is 0.0367 e. The predicted molar refractivity (Wildman–Crippen MR) is 66.1 cm³/mol. The van der Waals surface area contributed by atoms with Crippen molar-refractivity contribution >= 4 is 11.4 Å². The van der Waals surface area contributed by atoms with E-state index in [2.05, 4.69) is 24.0 Å². The summed E-state index contributed by atoms with van der Waals surface area (Å²) >= 11 is 0. The third-order valence-corrected chi connectivity index (χ3v) is 3.34. The Morgan fingerprint density at radius 3 is 2.40 bits per heavy atom. The molecule has 2 nitrogen and oxygen atoms in total. The fraction of sp³-hybridized carbons (Fsp3) is 0.538. The smallest absolute Gasteiger partial charge is 0.0367 e. The molecule has 1 saturated carbocycles. The minimum Gasteiger partial charge on any atom is -0.399 e. The maximum atomic E-state index is 5.69. The van der Waals surface area contributed by atoms with Crippen LogP contribution in [-0.2, 0) is 0 Å². The fourth-order valence-corrected chi connectivity index (χ4v) is 2.09. The average Bonchev–Trinajstić information content (AvgIpc) is 2.19. The summed E-state index contributed by atoms with van der Waals surface area (Å²) in [5, 5.41) is 0. The molecular weight excluding hydrogens is 184 g/mol. The largest absolute Gasteiger partial charge is 0.399 e. The molecular formula is C13H20N2. The van der Waals surface area contributed by atoms with Gasteiger partial charge in [0, 0.05) is 24.5 Å². The molecule has 0 bridgehead atoms. The molecule has 15 heavy (non-hydrogen) atoms. The average molecular weight is 204 g/mol. The number of rotatable bonds is 4. The SMILES string of the molecule is CCN(CC1CCC1)c1ccc(N)cc1. The van der Waals surface area contributed by atoms with Crippen molar-refractivity contribution in [3.05, 3.63) is 24.3 Å². The van der Waals surface area contributed by atoms with Crippen molar-refractivity contribution in [1.29, 1.82) is 0 Å². The molecule has 0 heterocycles. The van der Waals surface area contributed by atoms with Crippen molar-refractivity contribution < 1.29 is 0 Å². The number of hydrogen-bond donors (Lipinski definition) is 1. The van der Waals surface area contributed by atoms with Crippen LogP contribution in [0.1, 0.15) is 26.2 Å². The van der Waals surface area contributed by atoms with Gasteiger partial charge >= 0.3 is 0 Å². The van der Waals surface area contributed by atoms with Crippen LogP contribution in [0.4, 0.5) is 11.4 Å². The Morgan fingerprint density at radius 1 is 1.27 bits per heavy atom. The van der Waals surface area contributed by atoms with E-state index in [1.165, 1.54) is 31.5 Å². The van der Waals surface area contributed by atoms with Gasteiger partial charge in [0.25, 0.3) is 0 Å². The van der Waals surface area contributed by atoms with Crippen LogP contribution < -0.4 is 10.6 Å². The van der Waals surface area contributed by atoms with Crippen LogP contribution in [0.5, 0.6) is 0 Å². The summed E-state index contributed by atoms with van der Waals surface area (Å²) in [6, 6.07) is 8.21. The Hall–Kier alpha value is -1.18. The van der Waals surface area contributed by atoms with Gasteiger partial charge < -0.3 is 10.6 Å². The van der Waals surface area contributed by atoms with Gasteiger partial charge in [-0.1, -0.05) is 6.42 Å². The zero-order chi connectivity index (χ0) is 10.7. The van der Waals surface area contributed by atoms with Crippen LogP contribution >= 0.6 is 0 Å². The van der Waals surface area contributed by atoms with E-state index in [1.807, 2.05) is 12.1 Å². The first-order chi connectivity index (χ1) is 7.29. The maximum absolute atomic E-state index is 5.69. The van der Waals surface area contributed by atoms with Crippen LogP contribution in [-0.4, -0.2) is 13.1 Å². The van der Waals surface area contributed by atoms with E-state index in [-0.39, 0.29) is 0 Å². The number of anilines is 2. The van der Waals surface area contributed by atoms with Gasteiger partial charge in [0.05, 0.1) is 0 Å². The zero-order valence-electron chi connectivity index (χ0n) is 9.45. The van der Waals surface area contributed by atoms with E-state index in [0.717, 1.165) is 18.2 Å². The lowest BCUT2D eigenvalue weighted by Gasteiger charge is -2.33. The molecule has 1 aromatic carbocycles. The quantitative estimate of drug-likeness (QED) is 0.764. The van der Waals surface area contributed by atoms with E-state index in [1.54, 1.807) is 0 Å². The Balaban J connectivity index is 2.01. The van der Waals surface area contributed by atoms with E-state index in [9.17, 15) is 0 Å². The summed E-state index contributed by atoms with van der Waals surface area (Å²) < 4.78 is 0. The number of nitrogens with zero attached hydrogens (tertiary/aromatic N) is 1. The summed E-state index contributed by atoms with van der Waals surface area (Å²) in [7, 11) is 0. The summed E-state index contributed by atoms with van der Waals surface area (Å²) in [6.45, 7) is 4.51. The van der Waals surface area contributed by atoms with E-state index >= 15 is 0 Å². The summed E-state index contributed by atoms with van der Waals surface area (Å²) in [4.78, 5) is 2.45. The molecule has 0 radical (unpaired) electrons. The first-order valence-corrected chi connectivity index (χ1v) is 5.90. The zero-order valence-corrected chi connectivity index (χ0v) is 9.45. The lowest BCUT2D eigenvalue weighted by molar-refractivity contribution is 0.318. The van der Waals surface area contributed by atoms with Gasteiger partial charge in [-0.05, 0) is 49.9 Å². The van der Waals surface area contributed by atoms with Crippen LogP contribution in [0.3, 0.4) is 0 Å². The topological polar surface area (TPSA) is 29.3 Å². The first-order valence-electron chi connectivity index (χ1n) is 5.90. The summed E-state index contributed by atoms with van der Waals surface area (Å²) in [6.07, 6.45) is 4.24. The second-order valence-electron chi connectivity index (χ2n) is 4.43. The highest BCUT2D eigenvalue weighted by Crippen LogP contribution is 2.29. The van der Waals surface area contributed by atoms with Crippen molar-refractivity contribution in [1.82, 2.24) is 0 Å². The second kappa shape index (κ2) is 4.56. The molecule has 0 unspecified atom stereocenters. The molecule has 0 aliphatic heterocycles. The molecule has 1 aliphatic rings. The molecule has 82 valence electrons. The molecule has 0 atom stereocenters. The number of nitrogens with two attached hydrogens (primary N) is 1. The lowest BCUT2D eigenvalue weighted by Crippen LogP contribution is -2.32. The molecule has 2 heteroatoms. The van der Waals surface area contributed by atoms with Gasteiger partial charge in [-0.3, -0.25) is 0 Å². The minimum absolute atomic E-state index is 0.846. The van der Waals surface area contributed by atoms with Crippen molar-refractivity contribution in [2.75, 3.05) is 23.7 Å². The van der Waals surface area contributed by atoms with Gasteiger partial charge in [0.2, 0.25) is 0 Å². The first kappa shape index (κ1) is 10.3. The summed E-state index contributed by atoms with van der Waals surface area (Å²) in [5.74, 6) is 0.919. The van der Waals surface area contributed by atoms with Crippen LogP contribution in [0.25, 0.3) is 0 Å². The van der Waals surface area contributed by atoms with Gasteiger partial charge in [0.1, 0.15) is 0 Å². The third kappa shape index (κ3) is 2.44. The van der Waals surface area contributed by atoms with Crippen molar-refractivity contribution in [2.24, 2.45) is 5.92 Å². The molecule has 0 amide bonds. The van der Waals surface area contributed by atoms with Gasteiger partial charge in [0.15, 0.2) is 0 Å². The normalized spacial score (nSPS) is 16.1. The molecule has 0 aromatic heterocycles. The van der Waals surface area contributed by atoms with Crippen LogP contribution in [0.2, 0.25) is 0 Å². The molecule has 1 fully saturated rings. The molecule has 1 aromatic rings. The number of nitrogen functional groups attached to an aromatic ring is 1. The standard InChI is InChI=1S/C13H20N2/c1-2-15(10-11-4-3-5-11)13-8-6-12(14)7-9-13/h6-9,11H,2-5,10,14H2,1H3. The van der Waals surface area contributed by atoms with E-state index < -0.39 is 0 Å². The summed E-state index contributed by atoms with van der Waals surface area (Å²) in [5.41, 5.74) is 7.84. The highest BCUT2D eigenvalue weighted by molar-refractivity contribution is 5.53. The molecule has 0 saturated heterocycles. The Labute approximate surface area is 92.1 Å². The Morgan fingerprint density at radius 2 is 1.93 bits per heavy atom. The highest BCUT2D eigenvalue weighted by atomic mass is 15.1. The van der Waals surface area contributed by atoms with E-state index in [4.69, 9.17) is 5.73 Å². The molecule has 2 rings (SSSR count). The van der Waals surface area contributed by atoms with Crippen LogP contribution in [0.15, 0.2) is 24.3 Å². The third-order valence-electron chi connectivity index (χ3n) is 3.34. The van der Waals surface area contributed by atoms with Gasteiger partial charge in [-0.15, -0.1) is 0 Å². The second-order valence-corrected chi connectivity index (χ2v) is 4.43.